The summed E-state index contributed by atoms with van der Waals surface area (Å²) in [5.74, 6) is 0.460. The maximum Gasteiger partial charge on any atom is 0.348 e. The fraction of sp³-hybridized carbons (Fsp3) is 0.267. The van der Waals surface area contributed by atoms with E-state index in [0.29, 0.717) is 17.0 Å². The maximum absolute atomic E-state index is 12.2. The van der Waals surface area contributed by atoms with E-state index < -0.39 is 5.69 Å². The number of Topliss-reactive ketones (excluding diaryl/α,β-unsaturated/α-hetero) is 1. The number of ether oxygens (including phenoxy) is 1. The lowest BCUT2D eigenvalue weighted by Crippen LogP contribution is -2.28. The number of carbonyl (C=O) groups excluding carboxylic acids is 1. The molecule has 0 saturated heterocycles. The molecule has 1 heterocycles. The van der Waals surface area contributed by atoms with Crippen LogP contribution >= 0.6 is 0 Å². The Kier molecular flexibility index (Phi) is 3.98. The van der Waals surface area contributed by atoms with Crippen LogP contribution in [0.5, 0.6) is 5.75 Å². The van der Waals surface area contributed by atoms with Gasteiger partial charge >= 0.3 is 5.69 Å². The number of aryl methyl sites for hydroxylation is 2. The molecule has 0 N–H and O–H groups in total. The number of hydrogen-bond donors (Lipinski definition) is 0. The molecule has 0 aliphatic rings. The van der Waals surface area contributed by atoms with Gasteiger partial charge in [0.1, 0.15) is 5.75 Å². The van der Waals surface area contributed by atoms with Gasteiger partial charge in [-0.1, -0.05) is 12.1 Å². The minimum absolute atomic E-state index is 0.0227. The predicted octanol–water partition coefficient (Wildman–Crippen LogP) is 1.75. The highest BCUT2D eigenvalue weighted by Crippen LogP contribution is 2.13. The van der Waals surface area contributed by atoms with Gasteiger partial charge < -0.3 is 4.74 Å². The van der Waals surface area contributed by atoms with Crippen LogP contribution in [0.3, 0.4) is 0 Å². The molecule has 2 aromatic rings. The van der Waals surface area contributed by atoms with E-state index in [4.69, 9.17) is 4.74 Å². The van der Waals surface area contributed by atoms with Crippen molar-refractivity contribution in [2.75, 3.05) is 7.11 Å². The first-order valence-corrected chi connectivity index (χ1v) is 6.23. The van der Waals surface area contributed by atoms with Crippen LogP contribution in [-0.2, 0) is 6.54 Å². The SMILES string of the molecule is COc1cccc(C(=O)Cn2c(C)cc(C)nc2=O)c1. The zero-order valence-corrected chi connectivity index (χ0v) is 11.7. The number of aromatic nitrogens is 2. The summed E-state index contributed by atoms with van der Waals surface area (Å²) in [7, 11) is 1.54. The number of nitrogens with zero attached hydrogens (tertiary/aromatic N) is 2. The van der Waals surface area contributed by atoms with Crippen LogP contribution in [0.25, 0.3) is 0 Å². The van der Waals surface area contributed by atoms with E-state index in [1.807, 2.05) is 0 Å². The first kappa shape index (κ1) is 14.0. The number of methoxy groups -OCH3 is 1. The number of rotatable bonds is 4. The van der Waals surface area contributed by atoms with Crippen LogP contribution in [0.2, 0.25) is 0 Å². The molecule has 0 bridgehead atoms. The van der Waals surface area contributed by atoms with Crippen molar-refractivity contribution >= 4 is 5.78 Å². The predicted molar refractivity (Wildman–Crippen MR) is 75.3 cm³/mol. The normalized spacial score (nSPS) is 10.3. The summed E-state index contributed by atoms with van der Waals surface area (Å²) in [4.78, 5) is 27.9. The van der Waals surface area contributed by atoms with Crippen molar-refractivity contribution in [1.82, 2.24) is 9.55 Å². The average Bonchev–Trinajstić information content (AvgIpc) is 2.42. The van der Waals surface area contributed by atoms with Gasteiger partial charge in [-0.2, -0.15) is 4.98 Å². The van der Waals surface area contributed by atoms with Gasteiger partial charge in [0.15, 0.2) is 5.78 Å². The van der Waals surface area contributed by atoms with Crippen molar-refractivity contribution in [3.05, 3.63) is 57.8 Å². The molecule has 5 nitrogen and oxygen atoms in total. The van der Waals surface area contributed by atoms with Crippen molar-refractivity contribution < 1.29 is 9.53 Å². The van der Waals surface area contributed by atoms with Crippen molar-refractivity contribution in [1.29, 1.82) is 0 Å². The molecule has 1 aromatic heterocycles. The number of carbonyl (C=O) groups is 1. The van der Waals surface area contributed by atoms with Crippen LogP contribution in [0.4, 0.5) is 0 Å². The summed E-state index contributed by atoms with van der Waals surface area (Å²) >= 11 is 0. The summed E-state index contributed by atoms with van der Waals surface area (Å²) in [6.07, 6.45) is 0. The van der Waals surface area contributed by atoms with E-state index in [2.05, 4.69) is 4.98 Å². The topological polar surface area (TPSA) is 61.2 Å². The molecule has 0 atom stereocenters. The van der Waals surface area contributed by atoms with Crippen LogP contribution < -0.4 is 10.4 Å². The molecule has 20 heavy (non-hydrogen) atoms. The van der Waals surface area contributed by atoms with E-state index in [1.54, 1.807) is 51.3 Å². The molecule has 0 saturated carbocycles. The van der Waals surface area contributed by atoms with E-state index in [-0.39, 0.29) is 12.3 Å². The molecule has 0 unspecified atom stereocenters. The standard InChI is InChI=1S/C15H16N2O3/c1-10-7-11(2)17(15(19)16-10)9-14(18)12-5-4-6-13(8-12)20-3/h4-8H,9H2,1-3H3. The molecule has 0 radical (unpaired) electrons. The molecule has 2 rings (SSSR count). The molecule has 0 aliphatic heterocycles. The summed E-state index contributed by atoms with van der Waals surface area (Å²) < 4.78 is 6.46. The Labute approximate surface area is 116 Å². The number of ketones is 1. The fourth-order valence-electron chi connectivity index (χ4n) is 2.00. The molecule has 0 amide bonds. The van der Waals surface area contributed by atoms with Gasteiger partial charge in [-0.15, -0.1) is 0 Å². The summed E-state index contributed by atoms with van der Waals surface area (Å²) in [6.45, 7) is 3.52. The minimum atomic E-state index is -0.404. The third kappa shape index (κ3) is 2.93. The maximum atomic E-state index is 12.2. The third-order valence-corrected chi connectivity index (χ3v) is 3.04. The van der Waals surface area contributed by atoms with Gasteiger partial charge in [-0.3, -0.25) is 9.36 Å². The van der Waals surface area contributed by atoms with Crippen LogP contribution in [0.1, 0.15) is 21.7 Å². The van der Waals surface area contributed by atoms with Crippen molar-refractivity contribution in [3.63, 3.8) is 0 Å². The Balaban J connectivity index is 2.30. The van der Waals surface area contributed by atoms with Crippen molar-refractivity contribution in [2.24, 2.45) is 0 Å². The Morgan fingerprint density at radius 1 is 1.30 bits per heavy atom. The second kappa shape index (κ2) is 5.69. The lowest BCUT2D eigenvalue weighted by molar-refractivity contribution is 0.0969. The molecule has 104 valence electrons. The third-order valence-electron chi connectivity index (χ3n) is 3.04. The van der Waals surface area contributed by atoms with Crippen LogP contribution in [-0.4, -0.2) is 22.4 Å². The Morgan fingerprint density at radius 2 is 2.05 bits per heavy atom. The highest BCUT2D eigenvalue weighted by atomic mass is 16.5. The molecule has 0 aliphatic carbocycles. The van der Waals surface area contributed by atoms with Gasteiger partial charge in [0.25, 0.3) is 0 Å². The second-order valence-electron chi connectivity index (χ2n) is 4.56. The minimum Gasteiger partial charge on any atom is -0.497 e. The zero-order chi connectivity index (χ0) is 14.7. The van der Waals surface area contributed by atoms with Crippen LogP contribution in [0, 0.1) is 13.8 Å². The first-order valence-electron chi connectivity index (χ1n) is 6.23. The Morgan fingerprint density at radius 3 is 2.70 bits per heavy atom. The molecule has 0 fully saturated rings. The zero-order valence-electron chi connectivity index (χ0n) is 11.7. The largest absolute Gasteiger partial charge is 0.497 e. The molecule has 5 heteroatoms. The smallest absolute Gasteiger partial charge is 0.348 e. The van der Waals surface area contributed by atoms with E-state index >= 15 is 0 Å². The molecular formula is C15H16N2O3. The monoisotopic (exact) mass is 272 g/mol. The highest BCUT2D eigenvalue weighted by molar-refractivity contribution is 5.96. The fourth-order valence-corrected chi connectivity index (χ4v) is 2.00. The average molecular weight is 272 g/mol. The summed E-state index contributed by atoms with van der Waals surface area (Å²) in [5.41, 5.74) is 1.48. The van der Waals surface area contributed by atoms with E-state index in [9.17, 15) is 9.59 Å². The lowest BCUT2D eigenvalue weighted by Gasteiger charge is -2.09. The van der Waals surface area contributed by atoms with Crippen molar-refractivity contribution in [3.8, 4) is 5.75 Å². The number of hydrogen-bond acceptors (Lipinski definition) is 4. The van der Waals surface area contributed by atoms with Crippen LogP contribution in [0.15, 0.2) is 35.1 Å². The molecule has 1 aromatic carbocycles. The van der Waals surface area contributed by atoms with Gasteiger partial charge in [0.05, 0.1) is 13.7 Å². The summed E-state index contributed by atoms with van der Waals surface area (Å²) in [5, 5.41) is 0. The summed E-state index contributed by atoms with van der Waals surface area (Å²) in [6, 6.07) is 8.65. The van der Waals surface area contributed by atoms with Gasteiger partial charge in [-0.05, 0) is 32.0 Å². The molecular weight excluding hydrogens is 256 g/mol. The first-order chi connectivity index (χ1) is 9.51. The highest BCUT2D eigenvalue weighted by Gasteiger charge is 2.11. The van der Waals surface area contributed by atoms with Gasteiger partial charge in [0.2, 0.25) is 0 Å². The Hall–Kier alpha value is -2.43. The van der Waals surface area contributed by atoms with E-state index in [0.717, 1.165) is 5.69 Å². The van der Waals surface area contributed by atoms with Crippen molar-refractivity contribution in [2.45, 2.75) is 20.4 Å². The quantitative estimate of drug-likeness (QED) is 0.796. The Bertz CT molecular complexity index is 705. The van der Waals surface area contributed by atoms with E-state index in [1.165, 1.54) is 4.57 Å². The number of benzene rings is 1. The lowest BCUT2D eigenvalue weighted by atomic mass is 10.1. The second-order valence-corrected chi connectivity index (χ2v) is 4.56. The van der Waals surface area contributed by atoms with Gasteiger partial charge in [0, 0.05) is 17.0 Å². The molecule has 0 spiro atoms. The van der Waals surface area contributed by atoms with Gasteiger partial charge in [-0.25, -0.2) is 4.79 Å².